The molecule has 4 heteroatoms. The predicted molar refractivity (Wildman–Crippen MR) is 67.8 cm³/mol. The lowest BCUT2D eigenvalue weighted by Gasteiger charge is -2.39. The molecule has 88 valence electrons. The van der Waals surface area contributed by atoms with E-state index >= 15 is 0 Å². The molecule has 0 unspecified atom stereocenters. The average molecular weight is 241 g/mol. The summed E-state index contributed by atoms with van der Waals surface area (Å²) in [7, 11) is 0. The highest BCUT2D eigenvalue weighted by molar-refractivity contribution is 5.89. The molecule has 3 aliphatic rings. The molecule has 2 bridgehead atoms. The van der Waals surface area contributed by atoms with Crippen LogP contribution in [-0.4, -0.2) is 36.9 Å². The fourth-order valence-corrected chi connectivity index (χ4v) is 2.17. The summed E-state index contributed by atoms with van der Waals surface area (Å²) in [5, 5.41) is 4.19. The van der Waals surface area contributed by atoms with Crippen molar-refractivity contribution in [2.45, 2.75) is 12.8 Å². The van der Waals surface area contributed by atoms with Crippen molar-refractivity contribution < 1.29 is 4.84 Å². The van der Waals surface area contributed by atoms with Gasteiger partial charge in [-0.2, -0.15) is 0 Å². The van der Waals surface area contributed by atoms with Crippen LogP contribution >= 0.6 is 12.4 Å². The van der Waals surface area contributed by atoms with Gasteiger partial charge in [0, 0.05) is 12.5 Å². The third kappa shape index (κ3) is 3.26. The Balaban J connectivity index is 0.00000128. The molecule has 0 spiro atoms. The molecule has 0 aromatic carbocycles. The third-order valence-corrected chi connectivity index (χ3v) is 3.01. The third-order valence-electron chi connectivity index (χ3n) is 3.01. The maximum atomic E-state index is 5.21. The van der Waals surface area contributed by atoms with E-state index in [0.29, 0.717) is 12.5 Å². The molecule has 0 N–H and O–H groups in total. The highest BCUT2D eigenvalue weighted by Crippen LogP contribution is 2.25. The van der Waals surface area contributed by atoms with Gasteiger partial charge in [-0.25, -0.2) is 0 Å². The van der Waals surface area contributed by atoms with Gasteiger partial charge in [0.25, 0.3) is 0 Å². The number of fused-ring (bicyclic) bond motifs is 3. The molecule has 0 aromatic heterocycles. The van der Waals surface area contributed by atoms with Crippen LogP contribution in [-0.2, 0) is 4.84 Å². The van der Waals surface area contributed by atoms with Crippen LogP contribution in [0.1, 0.15) is 12.8 Å². The van der Waals surface area contributed by atoms with Crippen LogP contribution in [0.4, 0.5) is 0 Å². The zero-order valence-corrected chi connectivity index (χ0v) is 10.1. The summed E-state index contributed by atoms with van der Waals surface area (Å²) >= 11 is 0. The van der Waals surface area contributed by atoms with Gasteiger partial charge in [-0.05, 0) is 38.1 Å². The van der Waals surface area contributed by atoms with E-state index in [2.05, 4.69) is 16.0 Å². The van der Waals surface area contributed by atoms with Crippen molar-refractivity contribution in [1.82, 2.24) is 4.90 Å². The predicted octanol–water partition coefficient (Wildman–Crippen LogP) is 1.70. The Labute approximate surface area is 103 Å². The number of piperidine rings is 3. The highest BCUT2D eigenvalue weighted by atomic mass is 35.5. The van der Waals surface area contributed by atoms with E-state index in [4.69, 9.17) is 11.3 Å². The lowest BCUT2D eigenvalue weighted by Crippen LogP contribution is -2.47. The van der Waals surface area contributed by atoms with Crippen molar-refractivity contribution in [3.05, 3.63) is 12.2 Å². The van der Waals surface area contributed by atoms with E-state index in [-0.39, 0.29) is 12.4 Å². The molecule has 3 rings (SSSR count). The first kappa shape index (κ1) is 13.1. The second-order valence-electron chi connectivity index (χ2n) is 4.00. The van der Waals surface area contributed by atoms with Crippen LogP contribution in [0, 0.1) is 18.3 Å². The molecule has 0 aliphatic carbocycles. The second kappa shape index (κ2) is 6.57. The van der Waals surface area contributed by atoms with Crippen molar-refractivity contribution in [3.8, 4) is 12.3 Å². The number of hydrogen-bond acceptors (Lipinski definition) is 3. The minimum absolute atomic E-state index is 0. The average Bonchev–Trinajstić information content (AvgIpc) is 2.30. The topological polar surface area (TPSA) is 24.8 Å². The Morgan fingerprint density at radius 2 is 2.25 bits per heavy atom. The summed E-state index contributed by atoms with van der Waals surface area (Å²) in [5.41, 5.74) is 1.21. The lowest BCUT2D eigenvalue weighted by molar-refractivity contribution is 0.152. The zero-order chi connectivity index (χ0) is 10.5. The molecule has 0 radical (unpaired) electrons. The number of halogens is 1. The number of nitrogens with zero attached hydrogens (tertiary/aromatic N) is 2. The van der Waals surface area contributed by atoms with Crippen molar-refractivity contribution in [2.75, 3.05) is 26.2 Å². The van der Waals surface area contributed by atoms with E-state index in [0.717, 1.165) is 6.54 Å². The second-order valence-corrected chi connectivity index (χ2v) is 4.00. The van der Waals surface area contributed by atoms with Crippen LogP contribution in [0.15, 0.2) is 17.3 Å². The summed E-state index contributed by atoms with van der Waals surface area (Å²) in [6, 6.07) is 0. The largest absolute Gasteiger partial charge is 0.392 e. The van der Waals surface area contributed by atoms with Gasteiger partial charge >= 0.3 is 0 Å². The van der Waals surface area contributed by atoms with Crippen molar-refractivity contribution in [2.24, 2.45) is 11.1 Å². The molecular formula is C12H17ClN2O. The van der Waals surface area contributed by atoms with Gasteiger partial charge in [0.1, 0.15) is 6.61 Å². The van der Waals surface area contributed by atoms with Gasteiger partial charge in [0.15, 0.2) is 0 Å². The maximum absolute atomic E-state index is 5.21. The maximum Gasteiger partial charge on any atom is 0.136 e. The summed E-state index contributed by atoms with van der Waals surface area (Å²) in [5.74, 6) is 3.07. The summed E-state index contributed by atoms with van der Waals surface area (Å²) < 4.78 is 0. The Morgan fingerprint density at radius 3 is 2.81 bits per heavy atom. The first-order valence-corrected chi connectivity index (χ1v) is 5.42. The molecule has 3 heterocycles. The highest BCUT2D eigenvalue weighted by Gasteiger charge is 2.31. The quantitative estimate of drug-likeness (QED) is 0.426. The number of allylic oxidation sites excluding steroid dienone is 1. The zero-order valence-electron chi connectivity index (χ0n) is 9.26. The van der Waals surface area contributed by atoms with Crippen LogP contribution in [0.5, 0.6) is 0 Å². The fraction of sp³-hybridized carbons (Fsp3) is 0.583. The Morgan fingerprint density at radius 1 is 1.50 bits per heavy atom. The standard InChI is InChI=1S/C12H16N2O.ClH/c1-2-3-4-9-15-13-12-10-14-7-5-11(12)6-8-14;/h1,3-4,11H,5-10H2;1H/b4-3-,13-12?;. The number of rotatable bonds is 3. The molecule has 3 saturated heterocycles. The molecule has 3 aliphatic heterocycles. The first-order chi connectivity index (χ1) is 7.40. The Kier molecular flexibility index (Phi) is 5.37. The summed E-state index contributed by atoms with van der Waals surface area (Å²) in [4.78, 5) is 7.64. The minimum Gasteiger partial charge on any atom is -0.392 e. The van der Waals surface area contributed by atoms with Crippen LogP contribution < -0.4 is 0 Å². The van der Waals surface area contributed by atoms with Crippen LogP contribution in [0.2, 0.25) is 0 Å². The number of hydrogen-bond donors (Lipinski definition) is 0. The molecule has 0 atom stereocenters. The van der Waals surface area contributed by atoms with E-state index in [9.17, 15) is 0 Å². The number of oxime groups is 1. The van der Waals surface area contributed by atoms with Crippen molar-refractivity contribution in [1.29, 1.82) is 0 Å². The van der Waals surface area contributed by atoms with E-state index < -0.39 is 0 Å². The minimum atomic E-state index is 0. The SMILES string of the molecule is C#C/C=C\CON=C1CN2CCC1CC2.Cl. The summed E-state index contributed by atoms with van der Waals surface area (Å²) in [6.45, 7) is 3.91. The van der Waals surface area contributed by atoms with Crippen molar-refractivity contribution >= 4 is 18.1 Å². The first-order valence-electron chi connectivity index (χ1n) is 5.42. The van der Waals surface area contributed by atoms with Crippen molar-refractivity contribution in [3.63, 3.8) is 0 Å². The molecule has 16 heavy (non-hydrogen) atoms. The molecular weight excluding hydrogens is 224 g/mol. The number of terminal acetylenes is 1. The monoisotopic (exact) mass is 240 g/mol. The Bertz CT molecular complexity index is 311. The Hall–Kier alpha value is -0.980. The molecule has 0 saturated carbocycles. The summed E-state index contributed by atoms with van der Waals surface area (Å²) in [6.07, 6.45) is 11.0. The van der Waals surface area contributed by atoms with Crippen LogP contribution in [0.25, 0.3) is 0 Å². The normalized spacial score (nSPS) is 30.1. The van der Waals surface area contributed by atoms with Gasteiger partial charge in [0.05, 0.1) is 5.71 Å². The van der Waals surface area contributed by atoms with Gasteiger partial charge in [-0.15, -0.1) is 18.8 Å². The molecule has 0 aromatic rings. The van der Waals surface area contributed by atoms with E-state index in [1.165, 1.54) is 31.6 Å². The van der Waals surface area contributed by atoms with Gasteiger partial charge in [-0.3, -0.25) is 4.90 Å². The molecule has 3 fully saturated rings. The van der Waals surface area contributed by atoms with Gasteiger partial charge < -0.3 is 4.84 Å². The van der Waals surface area contributed by atoms with E-state index in [1.807, 2.05) is 0 Å². The smallest absolute Gasteiger partial charge is 0.136 e. The van der Waals surface area contributed by atoms with Crippen LogP contribution in [0.3, 0.4) is 0 Å². The fourth-order valence-electron chi connectivity index (χ4n) is 2.17. The molecule has 0 amide bonds. The van der Waals surface area contributed by atoms with Gasteiger partial charge in [0.2, 0.25) is 0 Å². The molecule has 3 nitrogen and oxygen atoms in total. The van der Waals surface area contributed by atoms with E-state index in [1.54, 1.807) is 12.2 Å². The van der Waals surface area contributed by atoms with Gasteiger partial charge in [-0.1, -0.05) is 11.1 Å². The lowest BCUT2D eigenvalue weighted by atomic mass is 9.87.